The van der Waals surface area contributed by atoms with Gasteiger partial charge in [0.05, 0.1) is 0 Å². The summed E-state index contributed by atoms with van der Waals surface area (Å²) in [5, 5.41) is 3.76. The van der Waals surface area contributed by atoms with Crippen molar-refractivity contribution in [3.8, 4) is 0 Å². The molecule has 2 heteroatoms. The molecule has 3 aliphatic rings. The van der Waals surface area contributed by atoms with E-state index in [-0.39, 0.29) is 0 Å². The molecule has 1 N–H and O–H groups in total. The maximum absolute atomic E-state index is 3.76. The van der Waals surface area contributed by atoms with Gasteiger partial charge in [0.2, 0.25) is 0 Å². The highest BCUT2D eigenvalue weighted by molar-refractivity contribution is 4.90. The first-order valence-corrected chi connectivity index (χ1v) is 7.41. The highest BCUT2D eigenvalue weighted by Gasteiger charge is 2.33. The van der Waals surface area contributed by atoms with Gasteiger partial charge in [0.1, 0.15) is 0 Å². The minimum Gasteiger partial charge on any atom is -0.314 e. The van der Waals surface area contributed by atoms with Gasteiger partial charge in [0.15, 0.2) is 0 Å². The summed E-state index contributed by atoms with van der Waals surface area (Å²) in [4.78, 5) is 2.80. The van der Waals surface area contributed by atoms with Crippen LogP contribution in [0, 0.1) is 5.92 Å². The van der Waals surface area contributed by atoms with Gasteiger partial charge in [0, 0.05) is 18.6 Å². The van der Waals surface area contributed by atoms with Crippen molar-refractivity contribution >= 4 is 0 Å². The van der Waals surface area contributed by atoms with Gasteiger partial charge < -0.3 is 10.2 Å². The molecule has 0 aromatic heterocycles. The average Bonchev–Trinajstić information content (AvgIpc) is 2.39. The zero-order chi connectivity index (χ0) is 10.8. The summed E-state index contributed by atoms with van der Waals surface area (Å²) < 4.78 is 0. The first-order valence-electron chi connectivity index (χ1n) is 7.41. The number of hydrogen-bond acceptors (Lipinski definition) is 2. The second-order valence-corrected chi connectivity index (χ2v) is 6.04. The Kier molecular flexibility index (Phi) is 3.49. The monoisotopic (exact) mass is 222 g/mol. The summed E-state index contributed by atoms with van der Waals surface area (Å²) >= 11 is 0. The van der Waals surface area contributed by atoms with E-state index in [0.717, 1.165) is 18.0 Å². The lowest BCUT2D eigenvalue weighted by Gasteiger charge is -2.45. The smallest absolute Gasteiger partial charge is 0.0108 e. The van der Waals surface area contributed by atoms with Crippen LogP contribution in [-0.4, -0.2) is 36.6 Å². The van der Waals surface area contributed by atoms with E-state index < -0.39 is 0 Å². The van der Waals surface area contributed by atoms with Crippen molar-refractivity contribution in [1.82, 2.24) is 10.2 Å². The second-order valence-electron chi connectivity index (χ2n) is 6.04. The molecular weight excluding hydrogens is 196 g/mol. The molecule has 3 rings (SSSR count). The molecular formula is C14H26N2. The molecule has 3 atom stereocenters. The molecule has 0 radical (unpaired) electrons. The summed E-state index contributed by atoms with van der Waals surface area (Å²) in [6, 6.07) is 1.80. The lowest BCUT2D eigenvalue weighted by atomic mass is 9.81. The molecule has 0 bridgehead atoms. The largest absolute Gasteiger partial charge is 0.314 e. The zero-order valence-corrected chi connectivity index (χ0v) is 10.5. The summed E-state index contributed by atoms with van der Waals surface area (Å²) in [5.74, 6) is 0.953. The van der Waals surface area contributed by atoms with Crippen molar-refractivity contribution in [2.75, 3.05) is 19.6 Å². The van der Waals surface area contributed by atoms with Crippen LogP contribution in [0.15, 0.2) is 0 Å². The van der Waals surface area contributed by atoms with E-state index in [2.05, 4.69) is 10.2 Å². The maximum Gasteiger partial charge on any atom is 0.0108 e. The molecule has 3 saturated heterocycles. The normalized spacial score (nSPS) is 41.6. The number of nitrogens with one attached hydrogen (secondary N) is 1. The highest BCUT2D eigenvalue weighted by atomic mass is 15.2. The molecule has 16 heavy (non-hydrogen) atoms. The molecule has 3 fully saturated rings. The minimum atomic E-state index is 0.844. The molecule has 0 unspecified atom stereocenters. The number of hydrogen-bond donors (Lipinski definition) is 1. The zero-order valence-electron chi connectivity index (χ0n) is 10.5. The molecule has 0 aromatic carbocycles. The van der Waals surface area contributed by atoms with Gasteiger partial charge in [-0.1, -0.05) is 12.8 Å². The minimum absolute atomic E-state index is 0.844. The Morgan fingerprint density at radius 1 is 0.875 bits per heavy atom. The van der Waals surface area contributed by atoms with E-state index >= 15 is 0 Å². The molecule has 0 amide bonds. The molecule has 0 saturated carbocycles. The van der Waals surface area contributed by atoms with Crippen molar-refractivity contribution in [2.24, 2.45) is 5.92 Å². The van der Waals surface area contributed by atoms with Crippen LogP contribution in [-0.2, 0) is 0 Å². The Morgan fingerprint density at radius 3 is 2.69 bits per heavy atom. The van der Waals surface area contributed by atoms with Crippen molar-refractivity contribution in [1.29, 1.82) is 0 Å². The van der Waals surface area contributed by atoms with Crippen LogP contribution in [0.25, 0.3) is 0 Å². The van der Waals surface area contributed by atoms with E-state index in [1.807, 2.05) is 0 Å². The number of piperidine rings is 3. The first kappa shape index (κ1) is 11.0. The lowest BCUT2D eigenvalue weighted by molar-refractivity contribution is 0.0570. The van der Waals surface area contributed by atoms with Crippen molar-refractivity contribution < 1.29 is 0 Å². The Morgan fingerprint density at radius 2 is 1.81 bits per heavy atom. The van der Waals surface area contributed by atoms with Gasteiger partial charge in [-0.15, -0.1) is 0 Å². The van der Waals surface area contributed by atoms with E-state index in [4.69, 9.17) is 0 Å². The van der Waals surface area contributed by atoms with Crippen LogP contribution in [0.5, 0.6) is 0 Å². The van der Waals surface area contributed by atoms with E-state index in [9.17, 15) is 0 Å². The maximum atomic E-state index is 3.76. The standard InChI is InChI=1S/C14H26N2/c1-3-9-15-14(6-1)12-7-8-13-5-2-4-10-16(13)11-12/h12-15H,1-11H2/t12-,13+,14-/m0/s1. The van der Waals surface area contributed by atoms with Crippen LogP contribution in [0.3, 0.4) is 0 Å². The van der Waals surface area contributed by atoms with Crippen molar-refractivity contribution in [3.63, 3.8) is 0 Å². The number of nitrogens with zero attached hydrogens (tertiary/aromatic N) is 1. The van der Waals surface area contributed by atoms with E-state index in [1.54, 1.807) is 0 Å². The van der Waals surface area contributed by atoms with E-state index in [0.29, 0.717) is 0 Å². The number of rotatable bonds is 1. The van der Waals surface area contributed by atoms with Crippen LogP contribution < -0.4 is 5.32 Å². The summed E-state index contributed by atoms with van der Waals surface area (Å²) in [5.41, 5.74) is 0. The fraction of sp³-hybridized carbons (Fsp3) is 1.00. The van der Waals surface area contributed by atoms with Crippen LogP contribution >= 0.6 is 0 Å². The average molecular weight is 222 g/mol. The third-order valence-electron chi connectivity index (χ3n) is 5.01. The first-order chi connectivity index (χ1) is 7.93. The predicted octanol–water partition coefficient (Wildman–Crippen LogP) is 2.39. The Labute approximate surface area is 99.8 Å². The molecule has 3 heterocycles. The Balaban J connectivity index is 1.57. The lowest BCUT2D eigenvalue weighted by Crippen LogP contribution is -2.52. The third kappa shape index (κ3) is 2.28. The molecule has 0 spiro atoms. The molecule has 0 aliphatic carbocycles. The second kappa shape index (κ2) is 5.05. The third-order valence-corrected chi connectivity index (χ3v) is 5.01. The van der Waals surface area contributed by atoms with Gasteiger partial charge >= 0.3 is 0 Å². The summed E-state index contributed by atoms with van der Waals surface area (Å²) in [6.07, 6.45) is 11.7. The van der Waals surface area contributed by atoms with Crippen molar-refractivity contribution in [2.45, 2.75) is 63.5 Å². The summed E-state index contributed by atoms with van der Waals surface area (Å²) in [6.45, 7) is 4.04. The Bertz CT molecular complexity index is 220. The van der Waals surface area contributed by atoms with Gasteiger partial charge in [-0.3, -0.25) is 0 Å². The number of fused-ring (bicyclic) bond motifs is 1. The molecule has 92 valence electrons. The Hall–Kier alpha value is -0.0800. The quantitative estimate of drug-likeness (QED) is 0.733. The fourth-order valence-electron chi connectivity index (χ4n) is 4.04. The van der Waals surface area contributed by atoms with Crippen molar-refractivity contribution in [3.05, 3.63) is 0 Å². The van der Waals surface area contributed by atoms with Gasteiger partial charge in [-0.25, -0.2) is 0 Å². The summed E-state index contributed by atoms with van der Waals surface area (Å²) in [7, 11) is 0. The predicted molar refractivity (Wildman–Crippen MR) is 67.6 cm³/mol. The van der Waals surface area contributed by atoms with Crippen LogP contribution in [0.4, 0.5) is 0 Å². The fourth-order valence-corrected chi connectivity index (χ4v) is 4.04. The topological polar surface area (TPSA) is 15.3 Å². The molecule has 0 aromatic rings. The van der Waals surface area contributed by atoms with Gasteiger partial charge in [0.25, 0.3) is 0 Å². The van der Waals surface area contributed by atoms with Gasteiger partial charge in [-0.2, -0.15) is 0 Å². The highest BCUT2D eigenvalue weighted by Crippen LogP contribution is 2.32. The SMILES string of the molecule is C1CC[C@@H]([C@H]2CC[C@H]3CCCCN3C2)NC1. The van der Waals surface area contributed by atoms with Gasteiger partial charge in [-0.05, 0) is 57.5 Å². The van der Waals surface area contributed by atoms with Crippen LogP contribution in [0.2, 0.25) is 0 Å². The molecule has 3 aliphatic heterocycles. The van der Waals surface area contributed by atoms with Crippen LogP contribution in [0.1, 0.15) is 51.4 Å². The van der Waals surface area contributed by atoms with E-state index in [1.165, 1.54) is 71.0 Å². The molecule has 2 nitrogen and oxygen atoms in total.